The van der Waals surface area contributed by atoms with Gasteiger partial charge < -0.3 is 15.0 Å². The third kappa shape index (κ3) is 5.01. The molecular weight excluding hydrogens is 587 g/mol. The monoisotopic (exact) mass is 615 g/mol. The quantitative estimate of drug-likeness (QED) is 0.229. The van der Waals surface area contributed by atoms with Crippen molar-refractivity contribution in [1.82, 2.24) is 14.9 Å². The summed E-state index contributed by atoms with van der Waals surface area (Å²) in [4.78, 5) is 36.0. The smallest absolute Gasteiger partial charge is 0.378 e. The molecule has 1 aliphatic carbocycles. The fourth-order valence-corrected chi connectivity index (χ4v) is 7.18. The van der Waals surface area contributed by atoms with Crippen LogP contribution in [-0.2, 0) is 29.4 Å². The zero-order valence-corrected chi connectivity index (χ0v) is 24.3. The molecule has 3 aromatic carbocycles. The van der Waals surface area contributed by atoms with Crippen LogP contribution in [0.1, 0.15) is 59.1 Å². The number of halogens is 3. The first-order valence-electron chi connectivity index (χ1n) is 14.5. The molecule has 1 atom stereocenters. The van der Waals surface area contributed by atoms with E-state index in [1.807, 2.05) is 18.2 Å². The lowest BCUT2D eigenvalue weighted by atomic mass is 9.91. The standard InChI is InChI=1S/C34H28F3N3O3S/c35-34(36,37)23-9-4-7-21(17-23)29(41)31(43)40-15-5-11-27-25(18-40)30(42)39-32(38-27)33(13-14-33)22-8-3-6-20(16-22)26-19-44-28-12-2-1-10-24(26)28/h1-4,6-10,12,16-17,19,29,41H,5,11,13-15,18H2,(H,38,39,42)/t29-/m1/s1. The fourth-order valence-electron chi connectivity index (χ4n) is 6.21. The number of H-pyrrole nitrogens is 1. The Balaban J connectivity index is 1.16. The Morgan fingerprint density at radius 2 is 1.84 bits per heavy atom. The molecule has 6 nitrogen and oxygen atoms in total. The van der Waals surface area contributed by atoms with Crippen molar-refractivity contribution in [3.05, 3.63) is 122 Å². The highest BCUT2D eigenvalue weighted by Gasteiger charge is 2.49. The highest BCUT2D eigenvalue weighted by molar-refractivity contribution is 7.17. The van der Waals surface area contributed by atoms with Gasteiger partial charge in [-0.05, 0) is 66.0 Å². The number of aliphatic hydroxyl groups is 1. The maximum absolute atomic E-state index is 13.5. The van der Waals surface area contributed by atoms with Crippen LogP contribution in [0.4, 0.5) is 13.2 Å². The number of fused-ring (bicyclic) bond motifs is 2. The number of hydrogen-bond acceptors (Lipinski definition) is 5. The van der Waals surface area contributed by atoms with E-state index >= 15 is 0 Å². The van der Waals surface area contributed by atoms with Gasteiger partial charge in [0.15, 0.2) is 6.10 Å². The number of thiophene rings is 1. The Bertz CT molecular complexity index is 1960. The van der Waals surface area contributed by atoms with Crippen LogP contribution in [0.5, 0.6) is 0 Å². The van der Waals surface area contributed by atoms with Crippen LogP contribution < -0.4 is 5.56 Å². The van der Waals surface area contributed by atoms with Crippen LogP contribution in [0.15, 0.2) is 83.0 Å². The summed E-state index contributed by atoms with van der Waals surface area (Å²) in [7, 11) is 0. The van der Waals surface area contributed by atoms with Crippen molar-refractivity contribution >= 4 is 27.3 Å². The maximum Gasteiger partial charge on any atom is 0.416 e. The zero-order chi connectivity index (χ0) is 30.6. The number of aromatic amines is 1. The first kappa shape index (κ1) is 28.5. The number of amides is 1. The summed E-state index contributed by atoms with van der Waals surface area (Å²) in [6.45, 7) is 0.155. The molecule has 224 valence electrons. The molecule has 1 amide bonds. The first-order valence-corrected chi connectivity index (χ1v) is 15.4. The minimum Gasteiger partial charge on any atom is -0.378 e. The van der Waals surface area contributed by atoms with Gasteiger partial charge in [-0.1, -0.05) is 54.6 Å². The van der Waals surface area contributed by atoms with Gasteiger partial charge in [-0.25, -0.2) is 4.98 Å². The Kier molecular flexibility index (Phi) is 6.93. The summed E-state index contributed by atoms with van der Waals surface area (Å²) in [5.74, 6) is -0.144. The summed E-state index contributed by atoms with van der Waals surface area (Å²) in [5.41, 5.74) is 2.47. The van der Waals surface area contributed by atoms with Crippen LogP contribution in [-0.4, -0.2) is 32.4 Å². The molecule has 1 saturated carbocycles. The largest absolute Gasteiger partial charge is 0.416 e. The number of hydrogen-bond donors (Lipinski definition) is 2. The number of rotatable bonds is 5. The molecule has 3 heterocycles. The fraction of sp³-hybridized carbons (Fsp3) is 0.265. The zero-order valence-electron chi connectivity index (χ0n) is 23.5. The number of carbonyl (C=O) groups excluding carboxylic acids is 1. The summed E-state index contributed by atoms with van der Waals surface area (Å²) in [6, 6.07) is 20.8. The van der Waals surface area contributed by atoms with Crippen molar-refractivity contribution in [1.29, 1.82) is 0 Å². The van der Waals surface area contributed by atoms with Gasteiger partial charge in [-0.15, -0.1) is 11.3 Å². The lowest BCUT2D eigenvalue weighted by Crippen LogP contribution is -2.36. The third-order valence-corrected chi connectivity index (χ3v) is 9.74. The van der Waals surface area contributed by atoms with Crippen LogP contribution in [0.3, 0.4) is 0 Å². The summed E-state index contributed by atoms with van der Waals surface area (Å²) < 4.78 is 40.8. The summed E-state index contributed by atoms with van der Waals surface area (Å²) in [5, 5.41) is 14.1. The minimum absolute atomic E-state index is 0.0828. The molecule has 2 N–H and O–H groups in total. The number of nitrogens with one attached hydrogen (secondary N) is 1. The molecule has 5 aromatic rings. The van der Waals surface area contributed by atoms with Gasteiger partial charge in [0.05, 0.1) is 28.8 Å². The van der Waals surface area contributed by atoms with E-state index < -0.39 is 29.2 Å². The van der Waals surface area contributed by atoms with Crippen LogP contribution in [0, 0.1) is 0 Å². The normalized spacial score (nSPS) is 16.8. The van der Waals surface area contributed by atoms with Gasteiger partial charge >= 0.3 is 6.18 Å². The van der Waals surface area contributed by atoms with Crippen LogP contribution >= 0.6 is 11.3 Å². The number of nitrogens with zero attached hydrogens (tertiary/aromatic N) is 2. The number of carbonyl (C=O) groups is 1. The number of aromatic nitrogens is 2. The predicted octanol–water partition coefficient (Wildman–Crippen LogP) is 6.76. The number of alkyl halides is 3. The van der Waals surface area contributed by atoms with Gasteiger partial charge in [-0.3, -0.25) is 9.59 Å². The van der Waals surface area contributed by atoms with E-state index in [0.29, 0.717) is 29.9 Å². The van der Waals surface area contributed by atoms with Crippen molar-refractivity contribution in [3.63, 3.8) is 0 Å². The molecule has 1 fully saturated rings. The van der Waals surface area contributed by atoms with E-state index in [0.717, 1.165) is 42.2 Å². The second-order valence-electron chi connectivity index (χ2n) is 11.5. The molecular formula is C34H28F3N3O3S. The molecule has 7 rings (SSSR count). The Morgan fingerprint density at radius 3 is 2.64 bits per heavy atom. The van der Waals surface area contributed by atoms with E-state index in [-0.39, 0.29) is 24.2 Å². The van der Waals surface area contributed by atoms with E-state index in [4.69, 9.17) is 4.98 Å². The topological polar surface area (TPSA) is 86.3 Å². The maximum atomic E-state index is 13.5. The molecule has 0 unspecified atom stereocenters. The third-order valence-electron chi connectivity index (χ3n) is 8.78. The van der Waals surface area contributed by atoms with Gasteiger partial charge in [0.2, 0.25) is 0 Å². The Labute approximate surface area is 254 Å². The molecule has 2 aromatic heterocycles. The van der Waals surface area contributed by atoms with Crippen molar-refractivity contribution in [2.75, 3.05) is 6.54 Å². The average molecular weight is 616 g/mol. The second kappa shape index (κ2) is 10.7. The number of aliphatic hydroxyl groups excluding tert-OH is 1. The lowest BCUT2D eigenvalue weighted by Gasteiger charge is -2.24. The van der Waals surface area contributed by atoms with Gasteiger partial charge in [0.25, 0.3) is 11.5 Å². The molecule has 0 spiro atoms. The van der Waals surface area contributed by atoms with Gasteiger partial charge in [0.1, 0.15) is 5.82 Å². The Hall–Kier alpha value is -4.28. The van der Waals surface area contributed by atoms with Crippen molar-refractivity contribution in [2.45, 2.75) is 49.9 Å². The van der Waals surface area contributed by atoms with Crippen molar-refractivity contribution in [3.8, 4) is 11.1 Å². The molecule has 44 heavy (non-hydrogen) atoms. The first-order chi connectivity index (χ1) is 21.1. The van der Waals surface area contributed by atoms with Crippen LogP contribution in [0.2, 0.25) is 0 Å². The van der Waals surface area contributed by atoms with Gasteiger partial charge in [-0.2, -0.15) is 13.2 Å². The second-order valence-corrected chi connectivity index (χ2v) is 12.4. The predicted molar refractivity (Wildman–Crippen MR) is 162 cm³/mol. The molecule has 0 saturated heterocycles. The highest BCUT2D eigenvalue weighted by Crippen LogP contribution is 2.53. The number of benzene rings is 3. The van der Waals surface area contributed by atoms with Gasteiger partial charge in [0, 0.05) is 22.2 Å². The van der Waals surface area contributed by atoms with E-state index in [9.17, 15) is 27.9 Å². The molecule has 1 aliphatic heterocycles. The van der Waals surface area contributed by atoms with Crippen molar-refractivity contribution < 1.29 is 23.1 Å². The molecule has 10 heteroatoms. The molecule has 0 radical (unpaired) electrons. The lowest BCUT2D eigenvalue weighted by molar-refractivity contribution is -0.142. The summed E-state index contributed by atoms with van der Waals surface area (Å²) in [6.07, 6.45) is -3.74. The summed E-state index contributed by atoms with van der Waals surface area (Å²) >= 11 is 1.71. The highest BCUT2D eigenvalue weighted by atomic mass is 32.1. The van der Waals surface area contributed by atoms with Crippen molar-refractivity contribution in [2.24, 2.45) is 0 Å². The minimum atomic E-state index is -4.60. The van der Waals surface area contributed by atoms with E-state index in [2.05, 4.69) is 40.7 Å². The average Bonchev–Trinajstić information content (AvgIpc) is 3.77. The SMILES string of the molecule is O=C([C@H](O)c1cccc(C(F)(F)F)c1)N1CCCc2nc(C3(c4cccc(-c5csc6ccccc56)c4)CC3)[nH]c(=O)c2C1. The van der Waals surface area contributed by atoms with E-state index in [1.54, 1.807) is 11.3 Å². The molecule has 0 bridgehead atoms. The Morgan fingerprint density at radius 1 is 1.05 bits per heavy atom. The number of aryl methyl sites for hydroxylation is 1. The molecule has 2 aliphatic rings. The van der Waals surface area contributed by atoms with E-state index in [1.165, 1.54) is 26.6 Å². The van der Waals surface area contributed by atoms with Crippen LogP contribution in [0.25, 0.3) is 21.2 Å².